The number of nitrogens with one attached hydrogen (secondary N) is 1. The van der Waals surface area contributed by atoms with Gasteiger partial charge in [-0.15, -0.1) is 0 Å². The molecule has 4 heteroatoms. The van der Waals surface area contributed by atoms with Crippen LogP contribution in [-0.4, -0.2) is 35.9 Å². The van der Waals surface area contributed by atoms with Crippen LogP contribution in [0.5, 0.6) is 0 Å². The Kier molecular flexibility index (Phi) is 7.39. The van der Waals surface area contributed by atoms with E-state index in [0.29, 0.717) is 25.5 Å². The minimum absolute atomic E-state index is 0.0529. The number of carbonyl (C=O) groups is 1. The lowest BCUT2D eigenvalue weighted by molar-refractivity contribution is -0.146. The van der Waals surface area contributed by atoms with E-state index in [4.69, 9.17) is 4.74 Å². The van der Waals surface area contributed by atoms with Crippen LogP contribution in [0.2, 0.25) is 0 Å². The molecule has 0 amide bonds. The highest BCUT2D eigenvalue weighted by Crippen LogP contribution is 2.16. The van der Waals surface area contributed by atoms with Crippen LogP contribution in [0, 0.1) is 5.92 Å². The maximum atomic E-state index is 11.3. The Morgan fingerprint density at radius 3 is 2.41 bits per heavy atom. The Morgan fingerprint density at radius 1 is 1.41 bits per heavy atom. The van der Waals surface area contributed by atoms with Gasteiger partial charge in [-0.05, 0) is 32.7 Å². The first-order chi connectivity index (χ1) is 7.81. The van der Waals surface area contributed by atoms with Crippen molar-refractivity contribution in [2.45, 2.75) is 59.1 Å². The molecule has 0 rings (SSSR count). The molecule has 4 nitrogen and oxygen atoms in total. The van der Waals surface area contributed by atoms with Crippen molar-refractivity contribution in [1.82, 2.24) is 5.32 Å². The van der Waals surface area contributed by atoms with Crippen molar-refractivity contribution in [3.8, 4) is 0 Å². The Hall–Kier alpha value is -0.610. The van der Waals surface area contributed by atoms with Gasteiger partial charge in [0.1, 0.15) is 5.54 Å². The molecule has 0 aromatic carbocycles. The average Bonchev–Trinajstić information content (AvgIpc) is 2.23. The zero-order valence-electron chi connectivity index (χ0n) is 11.7. The summed E-state index contributed by atoms with van der Waals surface area (Å²) in [7, 11) is 0. The summed E-state index contributed by atoms with van der Waals surface area (Å²) in [5, 5.41) is 12.4. The molecule has 0 aliphatic heterocycles. The molecule has 2 N–H and O–H groups in total. The van der Waals surface area contributed by atoms with Crippen LogP contribution in [0.25, 0.3) is 0 Å². The second-order valence-electron chi connectivity index (χ2n) is 5.31. The van der Waals surface area contributed by atoms with Gasteiger partial charge in [0.05, 0.1) is 6.10 Å². The van der Waals surface area contributed by atoms with Crippen molar-refractivity contribution in [3.05, 3.63) is 0 Å². The minimum Gasteiger partial charge on any atom is -0.480 e. The monoisotopic (exact) mass is 245 g/mol. The van der Waals surface area contributed by atoms with Gasteiger partial charge in [-0.3, -0.25) is 4.79 Å². The molecule has 0 aromatic heterocycles. The van der Waals surface area contributed by atoms with Crippen molar-refractivity contribution < 1.29 is 14.6 Å². The molecule has 102 valence electrons. The van der Waals surface area contributed by atoms with Gasteiger partial charge in [-0.2, -0.15) is 0 Å². The summed E-state index contributed by atoms with van der Waals surface area (Å²) in [6.07, 6.45) is 1.35. The van der Waals surface area contributed by atoms with Gasteiger partial charge in [-0.1, -0.05) is 20.8 Å². The Balaban J connectivity index is 4.28. The maximum absolute atomic E-state index is 11.3. The van der Waals surface area contributed by atoms with Gasteiger partial charge in [0.25, 0.3) is 0 Å². The number of rotatable bonds is 9. The van der Waals surface area contributed by atoms with Crippen LogP contribution in [0.3, 0.4) is 0 Å². The number of carboxylic acids is 1. The first kappa shape index (κ1) is 16.4. The van der Waals surface area contributed by atoms with Gasteiger partial charge < -0.3 is 15.2 Å². The molecule has 0 aliphatic carbocycles. The normalized spacial score (nSPS) is 16.8. The summed E-state index contributed by atoms with van der Waals surface area (Å²) in [5.74, 6) is -0.344. The van der Waals surface area contributed by atoms with E-state index < -0.39 is 11.5 Å². The van der Waals surface area contributed by atoms with Gasteiger partial charge in [-0.25, -0.2) is 0 Å². The molecule has 0 heterocycles. The average molecular weight is 245 g/mol. The molecule has 2 unspecified atom stereocenters. The molecule has 0 saturated carbocycles. The van der Waals surface area contributed by atoms with Crippen molar-refractivity contribution >= 4 is 5.97 Å². The van der Waals surface area contributed by atoms with Gasteiger partial charge in [0, 0.05) is 13.0 Å². The smallest absolute Gasteiger partial charge is 0.323 e. The van der Waals surface area contributed by atoms with Gasteiger partial charge in [0.15, 0.2) is 0 Å². The molecule has 0 bridgehead atoms. The first-order valence-corrected chi connectivity index (χ1v) is 6.41. The van der Waals surface area contributed by atoms with E-state index in [9.17, 15) is 9.90 Å². The number of ether oxygens (including phenoxy) is 1. The second-order valence-corrected chi connectivity index (χ2v) is 5.31. The lowest BCUT2D eigenvalue weighted by atomic mass is 9.94. The van der Waals surface area contributed by atoms with E-state index in [1.165, 1.54) is 0 Å². The molecule has 17 heavy (non-hydrogen) atoms. The number of hydrogen-bond donors (Lipinski definition) is 2. The Morgan fingerprint density at radius 2 is 2.00 bits per heavy atom. The number of carboxylic acid groups (broad SMARTS) is 1. The van der Waals surface area contributed by atoms with E-state index in [1.54, 1.807) is 6.92 Å². The predicted octanol–water partition coefficient (Wildman–Crippen LogP) is 2.28. The first-order valence-electron chi connectivity index (χ1n) is 6.41. The molecule has 0 aromatic rings. The van der Waals surface area contributed by atoms with Gasteiger partial charge in [0.2, 0.25) is 0 Å². The molecule has 2 atom stereocenters. The third-order valence-corrected chi connectivity index (χ3v) is 2.65. The zero-order chi connectivity index (χ0) is 13.5. The SMILES string of the molecule is CCCNC(C)(CC(C)OCC(C)C)C(=O)O. The van der Waals surface area contributed by atoms with E-state index in [-0.39, 0.29) is 6.10 Å². The van der Waals surface area contributed by atoms with E-state index in [1.807, 2.05) is 13.8 Å². The fraction of sp³-hybridized carbons (Fsp3) is 0.923. The third kappa shape index (κ3) is 6.64. The minimum atomic E-state index is -0.896. The van der Waals surface area contributed by atoms with E-state index in [0.717, 1.165) is 6.42 Å². The lowest BCUT2D eigenvalue weighted by Gasteiger charge is -2.29. The lowest BCUT2D eigenvalue weighted by Crippen LogP contribution is -2.51. The summed E-state index contributed by atoms with van der Waals surface area (Å²) in [6, 6.07) is 0. The molecule has 0 saturated heterocycles. The summed E-state index contributed by atoms with van der Waals surface area (Å²) in [6.45, 7) is 11.2. The second kappa shape index (κ2) is 7.67. The molecule has 0 spiro atoms. The highest BCUT2D eigenvalue weighted by atomic mass is 16.5. The highest BCUT2D eigenvalue weighted by molar-refractivity contribution is 5.78. The standard InChI is InChI=1S/C13H27NO3/c1-6-7-14-13(5,12(15)16)8-11(4)17-9-10(2)3/h10-11,14H,6-9H2,1-5H3,(H,15,16). The predicted molar refractivity (Wildman–Crippen MR) is 69.2 cm³/mol. The van der Waals surface area contributed by atoms with E-state index >= 15 is 0 Å². The molecule has 0 fully saturated rings. The number of hydrogen-bond acceptors (Lipinski definition) is 3. The van der Waals surface area contributed by atoms with Crippen molar-refractivity contribution in [2.75, 3.05) is 13.2 Å². The van der Waals surface area contributed by atoms with Crippen molar-refractivity contribution in [2.24, 2.45) is 5.92 Å². The summed E-state index contributed by atoms with van der Waals surface area (Å²) in [5.41, 5.74) is -0.896. The summed E-state index contributed by atoms with van der Waals surface area (Å²) >= 11 is 0. The summed E-state index contributed by atoms with van der Waals surface area (Å²) in [4.78, 5) is 11.3. The molecular weight excluding hydrogens is 218 g/mol. The topological polar surface area (TPSA) is 58.6 Å². The largest absolute Gasteiger partial charge is 0.480 e. The third-order valence-electron chi connectivity index (χ3n) is 2.65. The van der Waals surface area contributed by atoms with E-state index in [2.05, 4.69) is 19.2 Å². The fourth-order valence-corrected chi connectivity index (χ4v) is 1.63. The fourth-order valence-electron chi connectivity index (χ4n) is 1.63. The van der Waals surface area contributed by atoms with Crippen LogP contribution in [-0.2, 0) is 9.53 Å². The van der Waals surface area contributed by atoms with Crippen LogP contribution in [0.15, 0.2) is 0 Å². The van der Waals surface area contributed by atoms with Crippen LogP contribution < -0.4 is 5.32 Å². The quantitative estimate of drug-likeness (QED) is 0.654. The number of aliphatic carboxylic acids is 1. The van der Waals surface area contributed by atoms with Gasteiger partial charge >= 0.3 is 5.97 Å². The van der Waals surface area contributed by atoms with Crippen LogP contribution in [0.1, 0.15) is 47.5 Å². The zero-order valence-corrected chi connectivity index (χ0v) is 11.7. The van der Waals surface area contributed by atoms with Crippen LogP contribution in [0.4, 0.5) is 0 Å². The maximum Gasteiger partial charge on any atom is 0.323 e. The summed E-state index contributed by atoms with van der Waals surface area (Å²) < 4.78 is 5.63. The van der Waals surface area contributed by atoms with Crippen molar-refractivity contribution in [1.29, 1.82) is 0 Å². The van der Waals surface area contributed by atoms with Crippen LogP contribution >= 0.6 is 0 Å². The van der Waals surface area contributed by atoms with Crippen molar-refractivity contribution in [3.63, 3.8) is 0 Å². The Bertz CT molecular complexity index is 231. The molecular formula is C13H27NO3. The molecule has 0 radical (unpaired) electrons. The Labute approximate surface area is 105 Å². The molecule has 0 aliphatic rings. The highest BCUT2D eigenvalue weighted by Gasteiger charge is 2.34.